The summed E-state index contributed by atoms with van der Waals surface area (Å²) in [7, 11) is 0. The van der Waals surface area contributed by atoms with Crippen molar-refractivity contribution in [1.82, 2.24) is 4.90 Å². The zero-order chi connectivity index (χ0) is 18.5. The van der Waals surface area contributed by atoms with Crippen molar-refractivity contribution >= 4 is 11.8 Å². The molecule has 3 rings (SSSR count). The molecular weight excluding hydrogens is 332 g/mol. The summed E-state index contributed by atoms with van der Waals surface area (Å²) in [5, 5.41) is 10.2. The Balaban J connectivity index is 1.83. The highest BCUT2D eigenvalue weighted by Gasteiger charge is 2.30. The lowest BCUT2D eigenvalue weighted by atomic mass is 9.97. The first-order valence-electron chi connectivity index (χ1n) is 8.70. The number of nitrogens with two attached hydrogens (primary N) is 1. The molecule has 0 spiro atoms. The van der Waals surface area contributed by atoms with Gasteiger partial charge < -0.3 is 20.5 Å². The van der Waals surface area contributed by atoms with E-state index < -0.39 is 5.91 Å². The van der Waals surface area contributed by atoms with Gasteiger partial charge in [0, 0.05) is 19.0 Å². The third-order valence-electron chi connectivity index (χ3n) is 4.50. The molecule has 2 aromatic rings. The second-order valence-electron chi connectivity index (χ2n) is 6.41. The van der Waals surface area contributed by atoms with Crippen molar-refractivity contribution in [3.05, 3.63) is 54.1 Å². The Labute approximate surface area is 152 Å². The Morgan fingerprint density at radius 3 is 2.62 bits per heavy atom. The van der Waals surface area contributed by atoms with Gasteiger partial charge in [-0.15, -0.1) is 0 Å². The fraction of sp³-hybridized carbons (Fsp3) is 0.300. The SMILES string of the molecule is NC(=O)CC1CCCCN1C(=O)c1cc(Oc2ccccc2)ccc1O. The van der Waals surface area contributed by atoms with E-state index in [1.807, 2.05) is 30.3 Å². The number of likely N-dealkylation sites (tertiary alicyclic amines) is 1. The number of ether oxygens (including phenoxy) is 1. The number of hydrogen-bond donors (Lipinski definition) is 2. The van der Waals surface area contributed by atoms with Crippen LogP contribution < -0.4 is 10.5 Å². The van der Waals surface area contributed by atoms with E-state index in [0.717, 1.165) is 19.3 Å². The van der Waals surface area contributed by atoms with Gasteiger partial charge in [-0.05, 0) is 49.6 Å². The molecule has 0 radical (unpaired) electrons. The maximum Gasteiger partial charge on any atom is 0.258 e. The lowest BCUT2D eigenvalue weighted by Gasteiger charge is -2.35. The van der Waals surface area contributed by atoms with Gasteiger partial charge >= 0.3 is 0 Å². The molecule has 0 saturated carbocycles. The summed E-state index contributed by atoms with van der Waals surface area (Å²) in [6.45, 7) is 0.542. The predicted molar refractivity (Wildman–Crippen MR) is 97.1 cm³/mol. The molecule has 1 fully saturated rings. The highest BCUT2D eigenvalue weighted by Crippen LogP contribution is 2.30. The molecule has 1 atom stereocenters. The topological polar surface area (TPSA) is 92.9 Å². The van der Waals surface area contributed by atoms with Crippen LogP contribution in [0.3, 0.4) is 0 Å². The Morgan fingerprint density at radius 1 is 1.12 bits per heavy atom. The molecule has 2 amide bonds. The summed E-state index contributed by atoms with van der Waals surface area (Å²) < 4.78 is 5.75. The Morgan fingerprint density at radius 2 is 1.88 bits per heavy atom. The van der Waals surface area contributed by atoms with Crippen LogP contribution in [0.1, 0.15) is 36.0 Å². The highest BCUT2D eigenvalue weighted by atomic mass is 16.5. The van der Waals surface area contributed by atoms with Crippen LogP contribution in [0.25, 0.3) is 0 Å². The first-order chi connectivity index (χ1) is 12.5. The van der Waals surface area contributed by atoms with Crippen LogP contribution >= 0.6 is 0 Å². The highest BCUT2D eigenvalue weighted by molar-refractivity contribution is 5.97. The van der Waals surface area contributed by atoms with Gasteiger partial charge in [0.2, 0.25) is 5.91 Å². The van der Waals surface area contributed by atoms with Crippen LogP contribution in [0, 0.1) is 0 Å². The van der Waals surface area contributed by atoms with Gasteiger partial charge in [0.1, 0.15) is 17.2 Å². The summed E-state index contributed by atoms with van der Waals surface area (Å²) in [4.78, 5) is 25.9. The summed E-state index contributed by atoms with van der Waals surface area (Å²) in [6, 6.07) is 13.5. The number of carbonyl (C=O) groups is 2. The van der Waals surface area contributed by atoms with Crippen LogP contribution in [0.15, 0.2) is 48.5 Å². The zero-order valence-electron chi connectivity index (χ0n) is 14.4. The lowest BCUT2D eigenvalue weighted by molar-refractivity contribution is -0.119. The number of rotatable bonds is 5. The summed E-state index contributed by atoms with van der Waals surface area (Å²) in [6.07, 6.45) is 2.68. The minimum atomic E-state index is -0.430. The number of primary amides is 1. The van der Waals surface area contributed by atoms with E-state index in [2.05, 4.69) is 0 Å². The molecule has 1 aliphatic rings. The van der Waals surface area contributed by atoms with Crippen molar-refractivity contribution in [1.29, 1.82) is 0 Å². The monoisotopic (exact) mass is 354 g/mol. The maximum absolute atomic E-state index is 13.0. The van der Waals surface area contributed by atoms with Crippen molar-refractivity contribution in [3.8, 4) is 17.2 Å². The molecule has 2 aromatic carbocycles. The number of piperidine rings is 1. The van der Waals surface area contributed by atoms with E-state index in [-0.39, 0.29) is 29.7 Å². The molecule has 1 heterocycles. The standard InChI is InChI=1S/C20H22N2O4/c21-19(24)12-14-6-4-5-11-22(14)20(25)17-13-16(9-10-18(17)23)26-15-7-2-1-3-8-15/h1-3,7-10,13-14,23H,4-6,11-12H2,(H2,21,24). The summed E-state index contributed by atoms with van der Waals surface area (Å²) in [5.74, 6) is 0.243. The number of carbonyl (C=O) groups excluding carboxylic acids is 2. The Hall–Kier alpha value is -3.02. The average molecular weight is 354 g/mol. The summed E-state index contributed by atoms with van der Waals surface area (Å²) >= 11 is 0. The number of amides is 2. The molecular formula is C20H22N2O4. The van der Waals surface area contributed by atoms with Crippen molar-refractivity contribution < 1.29 is 19.4 Å². The van der Waals surface area contributed by atoms with E-state index >= 15 is 0 Å². The number of nitrogens with zero attached hydrogens (tertiary/aromatic N) is 1. The van der Waals surface area contributed by atoms with E-state index in [4.69, 9.17) is 10.5 Å². The number of phenolic OH excluding ortho intramolecular Hbond substituents is 1. The van der Waals surface area contributed by atoms with Gasteiger partial charge in [-0.2, -0.15) is 0 Å². The fourth-order valence-corrected chi connectivity index (χ4v) is 3.24. The third-order valence-corrected chi connectivity index (χ3v) is 4.50. The summed E-state index contributed by atoms with van der Waals surface area (Å²) in [5.41, 5.74) is 5.48. The van der Waals surface area contributed by atoms with Crippen LogP contribution in [-0.4, -0.2) is 34.4 Å². The van der Waals surface area contributed by atoms with E-state index in [1.165, 1.54) is 12.1 Å². The maximum atomic E-state index is 13.0. The predicted octanol–water partition coefficient (Wildman–Crippen LogP) is 3.05. The molecule has 6 nitrogen and oxygen atoms in total. The van der Waals surface area contributed by atoms with Gasteiger partial charge in [-0.3, -0.25) is 9.59 Å². The zero-order valence-corrected chi connectivity index (χ0v) is 14.4. The van der Waals surface area contributed by atoms with Crippen molar-refractivity contribution in [2.45, 2.75) is 31.7 Å². The first-order valence-corrected chi connectivity index (χ1v) is 8.70. The normalized spacial score (nSPS) is 16.9. The van der Waals surface area contributed by atoms with Gasteiger partial charge in [0.25, 0.3) is 5.91 Å². The molecule has 3 N–H and O–H groups in total. The van der Waals surface area contributed by atoms with Gasteiger partial charge in [0.15, 0.2) is 0 Å². The van der Waals surface area contributed by atoms with E-state index in [0.29, 0.717) is 18.0 Å². The largest absolute Gasteiger partial charge is 0.507 e. The minimum Gasteiger partial charge on any atom is -0.507 e. The second kappa shape index (κ2) is 7.91. The first kappa shape index (κ1) is 17.8. The van der Waals surface area contributed by atoms with Crippen LogP contribution in [-0.2, 0) is 4.79 Å². The molecule has 0 bridgehead atoms. The molecule has 26 heavy (non-hydrogen) atoms. The molecule has 1 aliphatic heterocycles. The van der Waals surface area contributed by atoms with Crippen LogP contribution in [0.4, 0.5) is 0 Å². The number of phenols is 1. The Bertz CT molecular complexity index is 792. The second-order valence-corrected chi connectivity index (χ2v) is 6.41. The number of benzene rings is 2. The molecule has 1 saturated heterocycles. The minimum absolute atomic E-state index is 0.112. The van der Waals surface area contributed by atoms with Crippen LogP contribution in [0.5, 0.6) is 17.2 Å². The van der Waals surface area contributed by atoms with Gasteiger partial charge in [0.05, 0.1) is 5.56 Å². The van der Waals surface area contributed by atoms with Crippen molar-refractivity contribution in [2.24, 2.45) is 5.73 Å². The van der Waals surface area contributed by atoms with Crippen LogP contribution in [0.2, 0.25) is 0 Å². The third kappa shape index (κ3) is 4.14. The van der Waals surface area contributed by atoms with Gasteiger partial charge in [-0.1, -0.05) is 18.2 Å². The molecule has 1 unspecified atom stereocenters. The van der Waals surface area contributed by atoms with E-state index in [1.54, 1.807) is 11.0 Å². The average Bonchev–Trinajstić information content (AvgIpc) is 2.64. The molecule has 136 valence electrons. The van der Waals surface area contributed by atoms with Crippen molar-refractivity contribution in [2.75, 3.05) is 6.54 Å². The molecule has 6 heteroatoms. The number of hydrogen-bond acceptors (Lipinski definition) is 4. The Kier molecular flexibility index (Phi) is 5.41. The number of aromatic hydroxyl groups is 1. The molecule has 0 aliphatic carbocycles. The quantitative estimate of drug-likeness (QED) is 0.863. The molecule has 0 aromatic heterocycles. The van der Waals surface area contributed by atoms with Crippen molar-refractivity contribution in [3.63, 3.8) is 0 Å². The smallest absolute Gasteiger partial charge is 0.258 e. The fourth-order valence-electron chi connectivity index (χ4n) is 3.24. The number of para-hydroxylation sites is 1. The van der Waals surface area contributed by atoms with Gasteiger partial charge in [-0.25, -0.2) is 0 Å². The van der Waals surface area contributed by atoms with E-state index in [9.17, 15) is 14.7 Å². The lowest BCUT2D eigenvalue weighted by Crippen LogP contribution is -2.45.